The minimum absolute atomic E-state index is 0.138. The van der Waals surface area contributed by atoms with Crippen LogP contribution in [-0.4, -0.2) is 56.9 Å². The number of ether oxygens (including phenoxy) is 1. The summed E-state index contributed by atoms with van der Waals surface area (Å²) in [5.74, 6) is -0.363. The van der Waals surface area contributed by atoms with Crippen molar-refractivity contribution >= 4 is 51.5 Å². The summed E-state index contributed by atoms with van der Waals surface area (Å²) in [6.07, 6.45) is 1.62. The van der Waals surface area contributed by atoms with Crippen LogP contribution in [0.3, 0.4) is 0 Å². The molecule has 11 heteroatoms. The Balaban J connectivity index is 1.77. The molecule has 0 aliphatic heterocycles. The van der Waals surface area contributed by atoms with Crippen molar-refractivity contribution in [3.8, 4) is 0 Å². The van der Waals surface area contributed by atoms with Crippen LogP contribution >= 0.6 is 23.6 Å². The molecule has 0 fully saturated rings. The highest BCUT2D eigenvalue weighted by atomic mass is 32.1. The normalized spacial score (nSPS) is 10.6. The lowest BCUT2D eigenvalue weighted by Gasteiger charge is -2.17. The molecule has 0 unspecified atom stereocenters. The second-order valence-electron chi connectivity index (χ2n) is 7.50. The maximum Gasteiger partial charge on any atom is 0.341 e. The Bertz CT molecular complexity index is 1200. The molecule has 9 nitrogen and oxygen atoms in total. The van der Waals surface area contributed by atoms with E-state index in [1.807, 2.05) is 45.0 Å². The first-order valence-corrected chi connectivity index (χ1v) is 12.0. The lowest BCUT2D eigenvalue weighted by atomic mass is 10.1. The maximum absolute atomic E-state index is 12.9. The zero-order valence-electron chi connectivity index (χ0n) is 19.8. The van der Waals surface area contributed by atoms with Gasteiger partial charge in [0.1, 0.15) is 11.3 Å². The number of rotatable bonds is 8. The van der Waals surface area contributed by atoms with Crippen molar-refractivity contribution in [3.63, 3.8) is 0 Å². The zero-order valence-corrected chi connectivity index (χ0v) is 21.5. The highest BCUT2D eigenvalue weighted by Crippen LogP contribution is 2.34. The highest BCUT2D eigenvalue weighted by Gasteiger charge is 2.27. The van der Waals surface area contributed by atoms with Crippen molar-refractivity contribution in [2.45, 2.75) is 34.2 Å². The van der Waals surface area contributed by atoms with E-state index < -0.39 is 5.97 Å². The molecule has 2 N–H and O–H groups in total. The summed E-state index contributed by atoms with van der Waals surface area (Å²) >= 11 is 6.59. The van der Waals surface area contributed by atoms with Gasteiger partial charge in [0.15, 0.2) is 5.11 Å². The van der Waals surface area contributed by atoms with Gasteiger partial charge in [-0.2, -0.15) is 0 Å². The number of carbonyl (C=O) groups excluding carboxylic acids is 2. The summed E-state index contributed by atoms with van der Waals surface area (Å²) in [6, 6.07) is 8.07. The van der Waals surface area contributed by atoms with Crippen molar-refractivity contribution in [1.29, 1.82) is 0 Å². The molecule has 3 aromatic rings. The molecule has 34 heavy (non-hydrogen) atoms. The van der Waals surface area contributed by atoms with Gasteiger partial charge < -0.3 is 15.0 Å². The van der Waals surface area contributed by atoms with E-state index in [4.69, 9.17) is 17.0 Å². The quantitative estimate of drug-likeness (QED) is 0.352. The van der Waals surface area contributed by atoms with Gasteiger partial charge in [0.2, 0.25) is 5.95 Å². The number of nitrogens with one attached hydrogen (secondary N) is 2. The molecule has 0 saturated carbocycles. The van der Waals surface area contributed by atoms with Gasteiger partial charge in [0.25, 0.3) is 5.91 Å². The van der Waals surface area contributed by atoms with E-state index in [0.717, 1.165) is 5.56 Å². The number of hydrogen-bond donors (Lipinski definition) is 2. The van der Waals surface area contributed by atoms with E-state index in [-0.39, 0.29) is 16.6 Å². The third kappa shape index (κ3) is 5.60. The van der Waals surface area contributed by atoms with Crippen molar-refractivity contribution < 1.29 is 14.3 Å². The fourth-order valence-corrected chi connectivity index (χ4v) is 4.86. The molecule has 0 saturated heterocycles. The van der Waals surface area contributed by atoms with Crippen LogP contribution < -0.4 is 10.6 Å². The average Bonchev–Trinajstić information content (AvgIpc) is 3.38. The average molecular weight is 501 g/mol. The molecular weight excluding hydrogens is 472 g/mol. The predicted molar refractivity (Wildman–Crippen MR) is 138 cm³/mol. The Morgan fingerprint density at radius 3 is 2.53 bits per heavy atom. The Morgan fingerprint density at radius 2 is 1.88 bits per heavy atom. The topological polar surface area (TPSA) is 101 Å². The van der Waals surface area contributed by atoms with Crippen LogP contribution in [0.5, 0.6) is 0 Å². The van der Waals surface area contributed by atoms with Crippen molar-refractivity contribution in [1.82, 2.24) is 19.7 Å². The number of esters is 1. The van der Waals surface area contributed by atoms with Gasteiger partial charge in [-0.05, 0) is 56.6 Å². The molecule has 2 aromatic heterocycles. The second-order valence-corrected chi connectivity index (χ2v) is 8.93. The van der Waals surface area contributed by atoms with Gasteiger partial charge in [-0.3, -0.25) is 10.1 Å². The van der Waals surface area contributed by atoms with Gasteiger partial charge in [-0.25, -0.2) is 14.5 Å². The minimum Gasteiger partial charge on any atom is -0.465 e. The number of nitrogens with zero attached hydrogens (tertiary/aromatic N) is 4. The standard InChI is InChI=1S/C23H28N6O3S2/c1-6-28(7-2)20(30)18-15(4)17(21(31)32-5)19(34-18)25-23(33)26-22-24-13-29(27-22)12-16-11-9-8-10-14(16)3/h8-11,13H,6-7,12H2,1-5H3,(H2,25,26,27,33). The van der Waals surface area contributed by atoms with Crippen LogP contribution in [0, 0.1) is 13.8 Å². The monoisotopic (exact) mass is 500 g/mol. The number of aryl methyl sites for hydroxylation is 1. The van der Waals surface area contributed by atoms with E-state index in [9.17, 15) is 9.59 Å². The Kier molecular flexibility index (Phi) is 8.35. The molecule has 0 aliphatic carbocycles. The van der Waals surface area contributed by atoms with Crippen molar-refractivity contribution in [3.05, 3.63) is 57.7 Å². The molecular formula is C23H28N6O3S2. The van der Waals surface area contributed by atoms with E-state index in [0.29, 0.717) is 41.0 Å². The molecule has 0 atom stereocenters. The van der Waals surface area contributed by atoms with Crippen LogP contribution in [-0.2, 0) is 11.3 Å². The first kappa shape index (κ1) is 25.3. The van der Waals surface area contributed by atoms with E-state index in [1.54, 1.807) is 22.8 Å². The minimum atomic E-state index is -0.543. The zero-order chi connectivity index (χ0) is 24.8. The summed E-state index contributed by atoms with van der Waals surface area (Å²) in [5, 5.41) is 11.0. The first-order valence-electron chi connectivity index (χ1n) is 10.8. The van der Waals surface area contributed by atoms with E-state index in [2.05, 4.69) is 20.7 Å². The fourth-order valence-electron chi connectivity index (χ4n) is 3.43. The molecule has 0 radical (unpaired) electrons. The highest BCUT2D eigenvalue weighted by molar-refractivity contribution is 7.80. The van der Waals surface area contributed by atoms with E-state index in [1.165, 1.54) is 24.0 Å². The van der Waals surface area contributed by atoms with Gasteiger partial charge in [-0.15, -0.1) is 16.4 Å². The lowest BCUT2D eigenvalue weighted by molar-refractivity contribution is 0.0601. The third-order valence-corrected chi connectivity index (χ3v) is 6.76. The predicted octanol–water partition coefficient (Wildman–Crippen LogP) is 4.08. The SMILES string of the molecule is CCN(CC)C(=O)c1sc(NC(=S)Nc2ncn(Cc3ccccc3C)n2)c(C(=O)OC)c1C. The molecule has 3 rings (SSSR count). The number of thiocarbonyl (C=S) groups is 1. The number of anilines is 2. The van der Waals surface area contributed by atoms with Crippen LogP contribution in [0.1, 0.15) is 50.6 Å². The molecule has 1 amide bonds. The summed E-state index contributed by atoms with van der Waals surface area (Å²) in [7, 11) is 1.30. The van der Waals surface area contributed by atoms with Gasteiger partial charge >= 0.3 is 5.97 Å². The number of thiophene rings is 1. The number of aromatic nitrogens is 3. The Hall–Kier alpha value is -3.31. The summed E-state index contributed by atoms with van der Waals surface area (Å²) in [6.45, 7) is 9.32. The maximum atomic E-state index is 12.9. The lowest BCUT2D eigenvalue weighted by Crippen LogP contribution is -2.30. The molecule has 0 bridgehead atoms. The smallest absolute Gasteiger partial charge is 0.341 e. The largest absolute Gasteiger partial charge is 0.465 e. The second kappa shape index (κ2) is 11.2. The third-order valence-electron chi connectivity index (χ3n) is 5.36. The van der Waals surface area contributed by atoms with Crippen LogP contribution in [0.4, 0.5) is 10.9 Å². The number of amides is 1. The van der Waals surface area contributed by atoms with Gasteiger partial charge in [0.05, 0.1) is 24.1 Å². The van der Waals surface area contributed by atoms with Crippen LogP contribution in [0.2, 0.25) is 0 Å². The molecule has 0 aliphatic rings. The first-order chi connectivity index (χ1) is 16.3. The van der Waals surface area contributed by atoms with Gasteiger partial charge in [0, 0.05) is 13.1 Å². The fraction of sp³-hybridized carbons (Fsp3) is 0.348. The van der Waals surface area contributed by atoms with Crippen molar-refractivity contribution in [2.75, 3.05) is 30.8 Å². The molecule has 2 heterocycles. The number of carbonyl (C=O) groups is 2. The molecule has 180 valence electrons. The van der Waals surface area contributed by atoms with Crippen LogP contribution in [0.15, 0.2) is 30.6 Å². The molecule has 0 spiro atoms. The number of hydrogen-bond acceptors (Lipinski definition) is 7. The number of benzene rings is 1. The van der Waals surface area contributed by atoms with E-state index >= 15 is 0 Å². The van der Waals surface area contributed by atoms with Gasteiger partial charge in [-0.1, -0.05) is 24.3 Å². The number of methoxy groups -OCH3 is 1. The Morgan fingerprint density at radius 1 is 1.18 bits per heavy atom. The van der Waals surface area contributed by atoms with Crippen LogP contribution in [0.25, 0.3) is 0 Å². The molecule has 1 aromatic carbocycles. The van der Waals surface area contributed by atoms with Crippen molar-refractivity contribution in [2.24, 2.45) is 0 Å². The summed E-state index contributed by atoms with van der Waals surface area (Å²) < 4.78 is 6.66. The Labute approximate surface area is 208 Å². The summed E-state index contributed by atoms with van der Waals surface area (Å²) in [5.41, 5.74) is 3.15. The summed E-state index contributed by atoms with van der Waals surface area (Å²) in [4.78, 5) is 31.8.